The summed E-state index contributed by atoms with van der Waals surface area (Å²) >= 11 is 0. The van der Waals surface area contributed by atoms with Crippen molar-refractivity contribution in [1.82, 2.24) is 24.5 Å². The molecule has 1 aliphatic carbocycles. The van der Waals surface area contributed by atoms with Crippen LogP contribution in [-0.4, -0.2) is 30.5 Å². The van der Waals surface area contributed by atoms with Crippen molar-refractivity contribution in [1.29, 1.82) is 0 Å². The van der Waals surface area contributed by atoms with Crippen LogP contribution >= 0.6 is 0 Å². The fourth-order valence-corrected chi connectivity index (χ4v) is 3.77. The number of amides is 1. The summed E-state index contributed by atoms with van der Waals surface area (Å²) in [6.07, 6.45) is 6.41. The summed E-state index contributed by atoms with van der Waals surface area (Å²) in [4.78, 5) is 16.0. The molecule has 0 radical (unpaired) electrons. The Bertz CT molecular complexity index is 889. The van der Waals surface area contributed by atoms with Gasteiger partial charge in [-0.2, -0.15) is 10.2 Å². The van der Waals surface area contributed by atoms with Crippen molar-refractivity contribution in [2.24, 2.45) is 5.73 Å². The first-order valence-corrected chi connectivity index (χ1v) is 8.95. The molecule has 2 aromatic heterocycles. The Hall–Kier alpha value is -2.96. The van der Waals surface area contributed by atoms with Crippen molar-refractivity contribution in [3.05, 3.63) is 65.5 Å². The number of carbonyl (C=O) groups is 1. The van der Waals surface area contributed by atoms with Crippen LogP contribution in [0.1, 0.15) is 48.2 Å². The average molecular weight is 350 g/mol. The lowest BCUT2D eigenvalue weighted by atomic mass is 10.1. The van der Waals surface area contributed by atoms with Crippen LogP contribution in [0.3, 0.4) is 0 Å². The van der Waals surface area contributed by atoms with Crippen LogP contribution in [0.5, 0.6) is 0 Å². The van der Waals surface area contributed by atoms with Gasteiger partial charge < -0.3 is 5.73 Å². The molecule has 134 valence electrons. The standard InChI is InChI=1S/C19H22N6O/c1-2-16(24-9-5-8-21-24)19-22-18(12-17(20)26)23-25(19)15-10-13-6-3-4-7-14(13)11-15/h3-9,15-16H,2,10-12H2,1H3,(H2,20,26). The number of fused-ring (bicyclic) bond motifs is 1. The van der Waals surface area contributed by atoms with E-state index in [4.69, 9.17) is 5.73 Å². The second-order valence-electron chi connectivity index (χ2n) is 6.71. The maximum Gasteiger partial charge on any atom is 0.225 e. The molecule has 1 aromatic carbocycles. The van der Waals surface area contributed by atoms with Crippen molar-refractivity contribution in [2.75, 3.05) is 0 Å². The van der Waals surface area contributed by atoms with Gasteiger partial charge in [0, 0.05) is 12.4 Å². The molecule has 0 spiro atoms. The topological polar surface area (TPSA) is 91.6 Å². The molecule has 1 atom stereocenters. The average Bonchev–Trinajstić information content (AvgIpc) is 3.34. The zero-order chi connectivity index (χ0) is 18.1. The maximum atomic E-state index is 11.4. The second kappa shape index (κ2) is 6.74. The van der Waals surface area contributed by atoms with Crippen LogP contribution in [0.15, 0.2) is 42.7 Å². The molecule has 0 aliphatic heterocycles. The number of nitrogens with zero attached hydrogens (tertiary/aromatic N) is 5. The van der Waals surface area contributed by atoms with E-state index < -0.39 is 5.91 Å². The number of primary amides is 1. The Morgan fingerprint density at radius 2 is 2.00 bits per heavy atom. The van der Waals surface area contributed by atoms with E-state index in [-0.39, 0.29) is 18.5 Å². The van der Waals surface area contributed by atoms with Crippen molar-refractivity contribution in [3.63, 3.8) is 0 Å². The van der Waals surface area contributed by atoms with Crippen LogP contribution in [-0.2, 0) is 24.1 Å². The zero-order valence-corrected chi connectivity index (χ0v) is 14.7. The van der Waals surface area contributed by atoms with Crippen molar-refractivity contribution >= 4 is 5.91 Å². The number of hydrogen-bond acceptors (Lipinski definition) is 4. The number of rotatable bonds is 6. The van der Waals surface area contributed by atoms with E-state index in [0.717, 1.165) is 25.1 Å². The van der Waals surface area contributed by atoms with Crippen molar-refractivity contribution in [3.8, 4) is 0 Å². The third-order valence-corrected chi connectivity index (χ3v) is 4.94. The van der Waals surface area contributed by atoms with Gasteiger partial charge >= 0.3 is 0 Å². The molecule has 1 unspecified atom stereocenters. The maximum absolute atomic E-state index is 11.4. The monoisotopic (exact) mass is 350 g/mol. The van der Waals surface area contributed by atoms with E-state index in [1.54, 1.807) is 6.20 Å². The molecule has 2 heterocycles. The molecule has 3 aromatic rings. The fraction of sp³-hybridized carbons (Fsp3) is 0.368. The van der Waals surface area contributed by atoms with Crippen LogP contribution in [0.2, 0.25) is 0 Å². The van der Waals surface area contributed by atoms with Gasteiger partial charge in [-0.3, -0.25) is 9.48 Å². The molecular weight excluding hydrogens is 328 g/mol. The summed E-state index contributed by atoms with van der Waals surface area (Å²) in [5, 5.41) is 9.04. The highest BCUT2D eigenvalue weighted by molar-refractivity contribution is 5.75. The normalized spacial score (nSPS) is 15.1. The van der Waals surface area contributed by atoms with E-state index in [2.05, 4.69) is 46.4 Å². The molecule has 1 aliphatic rings. The molecule has 0 bridgehead atoms. The van der Waals surface area contributed by atoms with E-state index in [0.29, 0.717) is 5.82 Å². The third-order valence-electron chi connectivity index (χ3n) is 4.94. The lowest BCUT2D eigenvalue weighted by molar-refractivity contribution is -0.117. The molecule has 7 nitrogen and oxygen atoms in total. The van der Waals surface area contributed by atoms with Gasteiger partial charge in [-0.25, -0.2) is 9.67 Å². The Labute approximate surface area is 151 Å². The molecule has 0 saturated heterocycles. The van der Waals surface area contributed by atoms with E-state index in [1.165, 1.54) is 11.1 Å². The number of carbonyl (C=O) groups excluding carboxylic acids is 1. The highest BCUT2D eigenvalue weighted by Gasteiger charge is 2.29. The quantitative estimate of drug-likeness (QED) is 0.734. The fourth-order valence-electron chi connectivity index (χ4n) is 3.77. The summed E-state index contributed by atoms with van der Waals surface area (Å²) in [6, 6.07) is 10.5. The molecule has 1 amide bonds. The van der Waals surface area contributed by atoms with Gasteiger partial charge in [0.2, 0.25) is 5.91 Å². The predicted molar refractivity (Wildman–Crippen MR) is 96.5 cm³/mol. The minimum atomic E-state index is -0.421. The Kier molecular flexibility index (Phi) is 4.28. The molecule has 2 N–H and O–H groups in total. The Balaban J connectivity index is 1.73. The SMILES string of the molecule is CCC(c1nc(CC(N)=O)nn1C1Cc2ccccc2C1)n1cccn1. The summed E-state index contributed by atoms with van der Waals surface area (Å²) in [5.74, 6) is 0.898. The molecule has 4 rings (SSSR count). The lowest BCUT2D eigenvalue weighted by Crippen LogP contribution is -2.21. The van der Waals surface area contributed by atoms with Gasteiger partial charge in [0.25, 0.3) is 0 Å². The van der Waals surface area contributed by atoms with Gasteiger partial charge in [-0.05, 0) is 36.5 Å². The molecule has 26 heavy (non-hydrogen) atoms. The smallest absolute Gasteiger partial charge is 0.225 e. The van der Waals surface area contributed by atoms with Crippen LogP contribution < -0.4 is 5.73 Å². The van der Waals surface area contributed by atoms with Crippen LogP contribution in [0.4, 0.5) is 0 Å². The van der Waals surface area contributed by atoms with Gasteiger partial charge in [0.1, 0.15) is 6.04 Å². The lowest BCUT2D eigenvalue weighted by Gasteiger charge is -2.19. The highest BCUT2D eigenvalue weighted by atomic mass is 16.1. The molecular formula is C19H22N6O. The Morgan fingerprint density at radius 3 is 2.58 bits per heavy atom. The number of aromatic nitrogens is 5. The first-order chi connectivity index (χ1) is 12.7. The van der Waals surface area contributed by atoms with E-state index in [9.17, 15) is 4.79 Å². The predicted octanol–water partition coefficient (Wildman–Crippen LogP) is 1.84. The van der Waals surface area contributed by atoms with Crippen LogP contribution in [0, 0.1) is 0 Å². The molecule has 0 fully saturated rings. The summed E-state index contributed by atoms with van der Waals surface area (Å²) in [5.41, 5.74) is 8.06. The largest absolute Gasteiger partial charge is 0.369 e. The van der Waals surface area contributed by atoms with Gasteiger partial charge in [0.15, 0.2) is 11.6 Å². The van der Waals surface area contributed by atoms with Crippen LogP contribution in [0.25, 0.3) is 0 Å². The number of nitrogens with two attached hydrogens (primary N) is 1. The van der Waals surface area contributed by atoms with Gasteiger partial charge in [-0.15, -0.1) is 0 Å². The third kappa shape index (κ3) is 3.00. The first-order valence-electron chi connectivity index (χ1n) is 8.95. The van der Waals surface area contributed by atoms with E-state index in [1.807, 2.05) is 21.6 Å². The first kappa shape index (κ1) is 16.5. The van der Waals surface area contributed by atoms with Crippen molar-refractivity contribution in [2.45, 2.75) is 44.7 Å². The minimum Gasteiger partial charge on any atom is -0.369 e. The summed E-state index contributed by atoms with van der Waals surface area (Å²) < 4.78 is 3.89. The Morgan fingerprint density at radius 1 is 1.27 bits per heavy atom. The molecule has 7 heteroatoms. The zero-order valence-electron chi connectivity index (χ0n) is 14.7. The van der Waals surface area contributed by atoms with Gasteiger partial charge in [-0.1, -0.05) is 31.2 Å². The van der Waals surface area contributed by atoms with E-state index >= 15 is 0 Å². The van der Waals surface area contributed by atoms with Crippen molar-refractivity contribution < 1.29 is 4.79 Å². The number of benzene rings is 1. The second-order valence-corrected chi connectivity index (χ2v) is 6.71. The highest BCUT2D eigenvalue weighted by Crippen LogP contribution is 2.32. The number of hydrogen-bond donors (Lipinski definition) is 1. The van der Waals surface area contributed by atoms with Gasteiger partial charge in [0.05, 0.1) is 12.5 Å². The molecule has 0 saturated carbocycles. The summed E-state index contributed by atoms with van der Waals surface area (Å²) in [7, 11) is 0. The minimum absolute atomic E-state index is 0.0251. The summed E-state index contributed by atoms with van der Waals surface area (Å²) in [6.45, 7) is 2.10.